The number of aryl methyl sites for hydroxylation is 1. The van der Waals surface area contributed by atoms with Gasteiger partial charge in [-0.25, -0.2) is 0 Å². The van der Waals surface area contributed by atoms with Crippen LogP contribution >= 0.6 is 0 Å². The van der Waals surface area contributed by atoms with Gasteiger partial charge in [0.05, 0.1) is 7.11 Å². The summed E-state index contributed by atoms with van der Waals surface area (Å²) in [5.41, 5.74) is 6.24. The van der Waals surface area contributed by atoms with Gasteiger partial charge in [0.25, 0.3) is 10.0 Å². The maximum absolute atomic E-state index is 12.3. The van der Waals surface area contributed by atoms with Crippen LogP contribution in [0.2, 0.25) is 0 Å². The number of hydrogen-bond donors (Lipinski definition) is 1. The van der Waals surface area contributed by atoms with Crippen molar-refractivity contribution in [1.82, 2.24) is 9.19 Å². The van der Waals surface area contributed by atoms with Crippen LogP contribution in [0.3, 0.4) is 0 Å². The quantitative estimate of drug-likeness (QED) is 0.897. The van der Waals surface area contributed by atoms with Crippen molar-refractivity contribution in [3.8, 4) is 5.75 Å². The van der Waals surface area contributed by atoms with Crippen molar-refractivity contribution in [2.45, 2.75) is 11.8 Å². The first-order chi connectivity index (χ1) is 8.45. The van der Waals surface area contributed by atoms with Crippen molar-refractivity contribution in [2.24, 2.45) is 0 Å². The Morgan fingerprint density at radius 1 is 1.33 bits per heavy atom. The molecule has 2 rings (SSSR count). The third-order valence-electron chi connectivity index (χ3n) is 2.43. The molecule has 0 saturated heterocycles. The summed E-state index contributed by atoms with van der Waals surface area (Å²) in [7, 11) is -2.37. The molecule has 18 heavy (non-hydrogen) atoms. The van der Waals surface area contributed by atoms with E-state index in [1.807, 2.05) is 0 Å². The molecule has 1 heterocycles. The monoisotopic (exact) mass is 267 g/mol. The lowest BCUT2D eigenvalue weighted by atomic mass is 10.2. The molecule has 0 amide bonds. The fourth-order valence-corrected chi connectivity index (χ4v) is 2.91. The van der Waals surface area contributed by atoms with E-state index in [0.717, 1.165) is 9.65 Å². The third-order valence-corrected chi connectivity index (χ3v) is 4.00. The van der Waals surface area contributed by atoms with Crippen LogP contribution in [0.1, 0.15) is 5.56 Å². The van der Waals surface area contributed by atoms with Gasteiger partial charge in [0.15, 0.2) is 0 Å². The molecule has 2 aromatic rings. The first-order valence-corrected chi connectivity index (χ1v) is 6.60. The highest BCUT2D eigenvalue weighted by Gasteiger charge is 2.22. The van der Waals surface area contributed by atoms with Gasteiger partial charge in [-0.15, -0.1) is 5.10 Å². The molecule has 1 aromatic heterocycles. The minimum absolute atomic E-state index is 0.0631. The fraction of sp³-hybridized carbons (Fsp3) is 0.182. The van der Waals surface area contributed by atoms with Gasteiger partial charge in [-0.05, 0) is 24.6 Å². The molecule has 6 nitrogen and oxygen atoms in total. The number of hydrogen-bond acceptors (Lipinski definition) is 5. The highest BCUT2D eigenvalue weighted by molar-refractivity contribution is 7.90. The van der Waals surface area contributed by atoms with Crippen molar-refractivity contribution in [1.29, 1.82) is 0 Å². The van der Waals surface area contributed by atoms with Crippen LogP contribution < -0.4 is 10.5 Å². The minimum Gasteiger partial charge on any atom is -0.495 e. The Morgan fingerprint density at radius 3 is 2.61 bits per heavy atom. The Kier molecular flexibility index (Phi) is 3.00. The zero-order chi connectivity index (χ0) is 13.3. The van der Waals surface area contributed by atoms with Gasteiger partial charge in [-0.2, -0.15) is 12.5 Å². The van der Waals surface area contributed by atoms with Crippen LogP contribution in [0.25, 0.3) is 0 Å². The van der Waals surface area contributed by atoms with Crippen LogP contribution in [-0.2, 0) is 10.0 Å². The van der Waals surface area contributed by atoms with E-state index in [1.54, 1.807) is 19.1 Å². The Morgan fingerprint density at radius 2 is 2.06 bits per heavy atom. The maximum atomic E-state index is 12.3. The van der Waals surface area contributed by atoms with Crippen molar-refractivity contribution < 1.29 is 13.2 Å². The zero-order valence-electron chi connectivity index (χ0n) is 9.99. The standard InChI is InChI=1S/C11H13N3O3S/c1-8-3-4-9(17-2)10(7-8)18(15,16)14-6-5-11(12)13-14/h3-7H,1-2H3,(H2,12,13). The molecule has 0 saturated carbocycles. The molecule has 2 N–H and O–H groups in total. The SMILES string of the molecule is COc1ccc(C)cc1S(=O)(=O)n1ccc(N)n1. The molecule has 0 aliphatic rings. The first-order valence-electron chi connectivity index (χ1n) is 5.16. The molecular formula is C11H13N3O3S. The van der Waals surface area contributed by atoms with Crippen LogP contribution in [0.5, 0.6) is 5.75 Å². The summed E-state index contributed by atoms with van der Waals surface area (Å²) < 4.78 is 30.6. The smallest absolute Gasteiger partial charge is 0.286 e. The van der Waals surface area contributed by atoms with Gasteiger partial charge in [-0.1, -0.05) is 6.07 Å². The summed E-state index contributed by atoms with van der Waals surface area (Å²) in [5.74, 6) is 0.417. The van der Waals surface area contributed by atoms with Crippen LogP contribution in [0.4, 0.5) is 5.82 Å². The van der Waals surface area contributed by atoms with Crippen molar-refractivity contribution in [3.63, 3.8) is 0 Å². The number of methoxy groups -OCH3 is 1. The van der Waals surface area contributed by atoms with Crippen LogP contribution in [0, 0.1) is 6.92 Å². The predicted octanol–water partition coefficient (Wildman–Crippen LogP) is 1.02. The van der Waals surface area contributed by atoms with Gasteiger partial charge in [0.1, 0.15) is 16.5 Å². The Labute approximate surface area is 105 Å². The minimum atomic E-state index is -3.78. The van der Waals surface area contributed by atoms with Crippen molar-refractivity contribution in [2.75, 3.05) is 12.8 Å². The molecule has 0 fully saturated rings. The van der Waals surface area contributed by atoms with Crippen molar-refractivity contribution in [3.05, 3.63) is 36.0 Å². The molecule has 0 bridgehead atoms. The topological polar surface area (TPSA) is 87.2 Å². The number of benzene rings is 1. The molecule has 7 heteroatoms. The Bertz CT molecular complexity index is 677. The molecule has 96 valence electrons. The molecule has 0 aliphatic heterocycles. The second-order valence-corrected chi connectivity index (χ2v) is 5.54. The summed E-state index contributed by atoms with van der Waals surface area (Å²) >= 11 is 0. The third kappa shape index (κ3) is 2.04. The van der Waals surface area contributed by atoms with E-state index >= 15 is 0 Å². The summed E-state index contributed by atoms with van der Waals surface area (Å²) in [6.45, 7) is 1.80. The summed E-state index contributed by atoms with van der Waals surface area (Å²) in [6, 6.07) is 6.33. The van der Waals surface area contributed by atoms with E-state index in [1.165, 1.54) is 25.4 Å². The molecule has 0 radical (unpaired) electrons. The second-order valence-electron chi connectivity index (χ2n) is 3.77. The number of anilines is 1. The molecular weight excluding hydrogens is 254 g/mol. The van der Waals surface area contributed by atoms with E-state index < -0.39 is 10.0 Å². The molecule has 0 aliphatic carbocycles. The van der Waals surface area contributed by atoms with E-state index in [-0.39, 0.29) is 16.5 Å². The molecule has 0 atom stereocenters. The van der Waals surface area contributed by atoms with E-state index in [4.69, 9.17) is 10.5 Å². The largest absolute Gasteiger partial charge is 0.495 e. The number of ether oxygens (including phenoxy) is 1. The van der Waals surface area contributed by atoms with Gasteiger partial charge in [0, 0.05) is 12.3 Å². The summed E-state index contributed by atoms with van der Waals surface area (Å²) in [6.07, 6.45) is 1.30. The normalized spacial score (nSPS) is 11.4. The maximum Gasteiger partial charge on any atom is 0.286 e. The number of nitrogen functional groups attached to an aromatic ring is 1. The van der Waals surface area contributed by atoms with Gasteiger partial charge in [0.2, 0.25) is 0 Å². The lowest BCUT2D eigenvalue weighted by molar-refractivity contribution is 0.402. The molecule has 0 unspecified atom stereocenters. The van der Waals surface area contributed by atoms with Crippen molar-refractivity contribution >= 4 is 15.8 Å². The second kappa shape index (κ2) is 4.34. The first kappa shape index (κ1) is 12.4. The van der Waals surface area contributed by atoms with Crippen LogP contribution in [0.15, 0.2) is 35.4 Å². The van der Waals surface area contributed by atoms with Gasteiger partial charge < -0.3 is 10.5 Å². The lowest BCUT2D eigenvalue weighted by Crippen LogP contribution is -2.15. The lowest BCUT2D eigenvalue weighted by Gasteiger charge is -2.10. The number of rotatable bonds is 3. The predicted molar refractivity (Wildman–Crippen MR) is 67.0 cm³/mol. The van der Waals surface area contributed by atoms with E-state index in [2.05, 4.69) is 5.10 Å². The summed E-state index contributed by atoms with van der Waals surface area (Å²) in [4.78, 5) is 0.0631. The molecule has 0 spiro atoms. The number of aromatic nitrogens is 2. The Balaban J connectivity index is 2.64. The summed E-state index contributed by atoms with van der Waals surface area (Å²) in [5, 5.41) is 3.71. The van der Waals surface area contributed by atoms with E-state index in [0.29, 0.717) is 0 Å². The number of nitrogens with two attached hydrogens (primary N) is 1. The highest BCUT2D eigenvalue weighted by Crippen LogP contribution is 2.26. The van der Waals surface area contributed by atoms with E-state index in [9.17, 15) is 8.42 Å². The molecule has 1 aromatic carbocycles. The zero-order valence-corrected chi connectivity index (χ0v) is 10.8. The van der Waals surface area contributed by atoms with Gasteiger partial charge in [-0.3, -0.25) is 0 Å². The Hall–Kier alpha value is -2.02. The van der Waals surface area contributed by atoms with Gasteiger partial charge >= 0.3 is 0 Å². The highest BCUT2D eigenvalue weighted by atomic mass is 32.2. The van der Waals surface area contributed by atoms with Crippen LogP contribution in [-0.4, -0.2) is 24.7 Å². The number of nitrogens with zero attached hydrogens (tertiary/aromatic N) is 2. The average molecular weight is 267 g/mol. The fourth-order valence-electron chi connectivity index (χ4n) is 1.54. The average Bonchev–Trinajstić information content (AvgIpc) is 2.76.